The van der Waals surface area contributed by atoms with Crippen molar-refractivity contribution in [3.63, 3.8) is 0 Å². The van der Waals surface area contributed by atoms with Gasteiger partial charge in [-0.3, -0.25) is 0 Å². The molecule has 0 radical (unpaired) electrons. The van der Waals surface area contributed by atoms with Crippen molar-refractivity contribution in [1.82, 2.24) is 9.97 Å². The van der Waals surface area contributed by atoms with Gasteiger partial charge in [0.05, 0.1) is 0 Å². The van der Waals surface area contributed by atoms with Crippen LogP contribution in [0.25, 0.3) is 0 Å². The summed E-state index contributed by atoms with van der Waals surface area (Å²) in [5.41, 5.74) is 2.27. The largest absolute Gasteiger partial charge is 0.356 e. The molecule has 0 bridgehead atoms. The minimum atomic E-state index is 0.660. The third-order valence-electron chi connectivity index (χ3n) is 3.38. The van der Waals surface area contributed by atoms with Gasteiger partial charge in [-0.1, -0.05) is 17.7 Å². The third kappa shape index (κ3) is 2.84. The number of hydrogen-bond acceptors (Lipinski definition) is 4. The number of aromatic nitrogens is 2. The lowest BCUT2D eigenvalue weighted by atomic mass is 10.2. The minimum absolute atomic E-state index is 0.660. The first kappa shape index (κ1) is 12.0. The fourth-order valence-corrected chi connectivity index (χ4v) is 2.30. The van der Waals surface area contributed by atoms with Gasteiger partial charge >= 0.3 is 0 Å². The molecule has 1 N–H and O–H groups in total. The van der Waals surface area contributed by atoms with Crippen LogP contribution in [0.4, 0.5) is 17.5 Å². The van der Waals surface area contributed by atoms with Crippen molar-refractivity contribution in [3.05, 3.63) is 42.1 Å². The summed E-state index contributed by atoms with van der Waals surface area (Å²) in [7, 11) is 0. The van der Waals surface area contributed by atoms with E-state index in [1.807, 2.05) is 24.4 Å². The Morgan fingerprint density at radius 2 is 1.79 bits per heavy atom. The van der Waals surface area contributed by atoms with Crippen LogP contribution >= 0.6 is 0 Å². The van der Waals surface area contributed by atoms with Crippen molar-refractivity contribution in [2.45, 2.75) is 19.8 Å². The highest BCUT2D eigenvalue weighted by Crippen LogP contribution is 2.20. The van der Waals surface area contributed by atoms with Gasteiger partial charge in [0, 0.05) is 25.0 Å². The molecule has 0 atom stereocenters. The van der Waals surface area contributed by atoms with Crippen molar-refractivity contribution in [2.75, 3.05) is 23.3 Å². The van der Waals surface area contributed by atoms with Gasteiger partial charge in [-0.2, -0.15) is 4.98 Å². The molecule has 1 saturated heterocycles. The number of hydrogen-bond donors (Lipinski definition) is 1. The van der Waals surface area contributed by atoms with Crippen LogP contribution in [-0.4, -0.2) is 23.1 Å². The van der Waals surface area contributed by atoms with Crippen LogP contribution in [0.15, 0.2) is 36.5 Å². The standard InChI is InChI=1S/C15H18N4/c1-12-4-6-13(7-5-12)17-15-16-9-8-14(18-15)19-10-2-3-11-19/h4-9H,2-3,10-11H2,1H3,(H,16,17,18). The summed E-state index contributed by atoms with van der Waals surface area (Å²) in [4.78, 5) is 11.2. The Labute approximate surface area is 113 Å². The first-order chi connectivity index (χ1) is 9.31. The van der Waals surface area contributed by atoms with E-state index in [0.29, 0.717) is 5.95 Å². The highest BCUT2D eigenvalue weighted by Gasteiger charge is 2.13. The van der Waals surface area contributed by atoms with Gasteiger partial charge in [0.1, 0.15) is 5.82 Å². The molecule has 4 nitrogen and oxygen atoms in total. The van der Waals surface area contributed by atoms with Crippen LogP contribution in [0.3, 0.4) is 0 Å². The lowest BCUT2D eigenvalue weighted by Crippen LogP contribution is -2.19. The summed E-state index contributed by atoms with van der Waals surface area (Å²) in [6.45, 7) is 4.27. The molecule has 98 valence electrons. The van der Waals surface area contributed by atoms with E-state index in [4.69, 9.17) is 0 Å². The van der Waals surface area contributed by atoms with Crippen molar-refractivity contribution in [2.24, 2.45) is 0 Å². The SMILES string of the molecule is Cc1ccc(Nc2nccc(N3CCCC3)n2)cc1. The quantitative estimate of drug-likeness (QED) is 0.913. The van der Waals surface area contributed by atoms with Crippen LogP contribution in [0.1, 0.15) is 18.4 Å². The second kappa shape index (κ2) is 5.26. The maximum Gasteiger partial charge on any atom is 0.229 e. The Hall–Kier alpha value is -2.10. The highest BCUT2D eigenvalue weighted by atomic mass is 15.2. The molecule has 0 aliphatic carbocycles. The van der Waals surface area contributed by atoms with Crippen molar-refractivity contribution in [1.29, 1.82) is 0 Å². The maximum atomic E-state index is 4.58. The van der Waals surface area contributed by atoms with E-state index in [1.54, 1.807) is 0 Å². The molecular formula is C15H18N4. The average molecular weight is 254 g/mol. The molecule has 0 saturated carbocycles. The molecule has 2 heterocycles. The smallest absolute Gasteiger partial charge is 0.229 e. The predicted octanol–water partition coefficient (Wildman–Crippen LogP) is 3.13. The lowest BCUT2D eigenvalue weighted by Gasteiger charge is -2.16. The normalized spacial score (nSPS) is 14.7. The van der Waals surface area contributed by atoms with Crippen molar-refractivity contribution >= 4 is 17.5 Å². The number of aryl methyl sites for hydroxylation is 1. The second-order valence-corrected chi connectivity index (χ2v) is 4.92. The lowest BCUT2D eigenvalue weighted by molar-refractivity contribution is 0.930. The van der Waals surface area contributed by atoms with Gasteiger partial charge in [0.2, 0.25) is 5.95 Å². The molecule has 3 rings (SSSR count). The second-order valence-electron chi connectivity index (χ2n) is 4.92. The number of rotatable bonds is 3. The van der Waals surface area contributed by atoms with E-state index in [1.165, 1.54) is 18.4 Å². The van der Waals surface area contributed by atoms with Crippen LogP contribution in [-0.2, 0) is 0 Å². The Balaban J connectivity index is 1.77. The fourth-order valence-electron chi connectivity index (χ4n) is 2.30. The molecule has 1 fully saturated rings. The highest BCUT2D eigenvalue weighted by molar-refractivity contribution is 5.55. The van der Waals surface area contributed by atoms with Gasteiger partial charge in [-0.15, -0.1) is 0 Å². The van der Waals surface area contributed by atoms with Gasteiger partial charge in [-0.25, -0.2) is 4.98 Å². The molecule has 2 aromatic rings. The first-order valence-corrected chi connectivity index (χ1v) is 6.73. The zero-order chi connectivity index (χ0) is 13.1. The van der Waals surface area contributed by atoms with Crippen LogP contribution < -0.4 is 10.2 Å². The molecule has 4 heteroatoms. The zero-order valence-electron chi connectivity index (χ0n) is 11.1. The monoisotopic (exact) mass is 254 g/mol. The van der Waals surface area contributed by atoms with E-state index in [-0.39, 0.29) is 0 Å². The summed E-state index contributed by atoms with van der Waals surface area (Å²) in [5.74, 6) is 1.68. The summed E-state index contributed by atoms with van der Waals surface area (Å²) >= 11 is 0. The summed E-state index contributed by atoms with van der Waals surface area (Å²) in [6, 6.07) is 10.2. The molecule has 1 aliphatic heterocycles. The van der Waals surface area contributed by atoms with Gasteiger partial charge in [-0.05, 0) is 38.0 Å². The van der Waals surface area contributed by atoms with E-state index in [0.717, 1.165) is 24.6 Å². The molecule has 19 heavy (non-hydrogen) atoms. The van der Waals surface area contributed by atoms with Crippen LogP contribution in [0, 0.1) is 6.92 Å². The Bertz CT molecular complexity index is 544. The van der Waals surface area contributed by atoms with Gasteiger partial charge in [0.25, 0.3) is 0 Å². The number of nitrogens with one attached hydrogen (secondary N) is 1. The topological polar surface area (TPSA) is 41.1 Å². The summed E-state index contributed by atoms with van der Waals surface area (Å²) in [6.07, 6.45) is 4.33. The maximum absolute atomic E-state index is 4.58. The van der Waals surface area contributed by atoms with E-state index >= 15 is 0 Å². The molecule has 1 aromatic carbocycles. The summed E-state index contributed by atoms with van der Waals surface area (Å²) in [5, 5.41) is 3.25. The molecule has 0 spiro atoms. The predicted molar refractivity (Wildman–Crippen MR) is 77.9 cm³/mol. The Kier molecular flexibility index (Phi) is 3.31. The third-order valence-corrected chi connectivity index (χ3v) is 3.38. The Morgan fingerprint density at radius 1 is 1.05 bits per heavy atom. The molecule has 0 unspecified atom stereocenters. The minimum Gasteiger partial charge on any atom is -0.356 e. The van der Waals surface area contributed by atoms with Crippen LogP contribution in [0.2, 0.25) is 0 Å². The number of anilines is 3. The average Bonchev–Trinajstić information content (AvgIpc) is 2.96. The van der Waals surface area contributed by atoms with E-state index in [2.05, 4.69) is 39.2 Å². The number of benzene rings is 1. The molecular weight excluding hydrogens is 236 g/mol. The van der Waals surface area contributed by atoms with Crippen molar-refractivity contribution < 1.29 is 0 Å². The van der Waals surface area contributed by atoms with Crippen molar-refractivity contribution in [3.8, 4) is 0 Å². The summed E-state index contributed by atoms with van der Waals surface area (Å²) < 4.78 is 0. The number of nitrogens with zero attached hydrogens (tertiary/aromatic N) is 3. The Morgan fingerprint density at radius 3 is 2.53 bits per heavy atom. The van der Waals surface area contributed by atoms with Gasteiger partial charge in [0.15, 0.2) is 0 Å². The van der Waals surface area contributed by atoms with Gasteiger partial charge < -0.3 is 10.2 Å². The zero-order valence-corrected chi connectivity index (χ0v) is 11.1. The van der Waals surface area contributed by atoms with E-state index < -0.39 is 0 Å². The van der Waals surface area contributed by atoms with E-state index in [9.17, 15) is 0 Å². The first-order valence-electron chi connectivity index (χ1n) is 6.73. The fraction of sp³-hybridized carbons (Fsp3) is 0.333. The van der Waals surface area contributed by atoms with Crippen LogP contribution in [0.5, 0.6) is 0 Å². The molecule has 1 aromatic heterocycles. The molecule has 0 amide bonds. The molecule has 1 aliphatic rings.